The van der Waals surface area contributed by atoms with Gasteiger partial charge in [-0.3, -0.25) is 4.79 Å². The van der Waals surface area contributed by atoms with Crippen LogP contribution < -0.4 is 5.32 Å². The van der Waals surface area contributed by atoms with Crippen LogP contribution in [0.3, 0.4) is 0 Å². The molecule has 0 bridgehead atoms. The van der Waals surface area contributed by atoms with Crippen molar-refractivity contribution in [3.63, 3.8) is 0 Å². The molecule has 0 atom stereocenters. The van der Waals surface area contributed by atoms with Crippen LogP contribution in [0.2, 0.25) is 0 Å². The number of carbonyl (C=O) groups is 1. The Balaban J connectivity index is 2.98. The lowest BCUT2D eigenvalue weighted by Gasteiger charge is -2.05. The minimum atomic E-state index is -0.0849. The molecule has 0 amide bonds. The fourth-order valence-corrected chi connectivity index (χ4v) is 2.66. The Morgan fingerprint density at radius 2 is 1.18 bits per heavy atom. The van der Waals surface area contributed by atoms with E-state index in [1.54, 1.807) is 0 Å². The Bertz CT molecular complexity index is 231. The SMILES string of the molecule is CCCCCCCCCCCCNCCCCCC(=O)OC. The third kappa shape index (κ3) is 17.5. The molecule has 0 saturated heterocycles. The summed E-state index contributed by atoms with van der Waals surface area (Å²) in [6.07, 6.45) is 17.8. The summed E-state index contributed by atoms with van der Waals surface area (Å²) in [5, 5.41) is 3.50. The molecule has 0 aliphatic rings. The standard InChI is InChI=1S/C19H39NO2/c1-3-4-5-6-7-8-9-10-11-14-17-20-18-15-12-13-16-19(21)22-2/h20H,3-18H2,1-2H3. The molecule has 1 N–H and O–H groups in total. The molecule has 0 aliphatic heterocycles. The van der Waals surface area contributed by atoms with Crippen LogP contribution >= 0.6 is 0 Å². The van der Waals surface area contributed by atoms with Crippen molar-refractivity contribution in [3.05, 3.63) is 0 Å². The number of methoxy groups -OCH3 is 1. The molecular weight excluding hydrogens is 274 g/mol. The molecule has 0 aromatic rings. The van der Waals surface area contributed by atoms with E-state index in [0.717, 1.165) is 32.4 Å². The van der Waals surface area contributed by atoms with Crippen LogP contribution in [0.1, 0.15) is 96.8 Å². The lowest BCUT2D eigenvalue weighted by molar-refractivity contribution is -0.140. The van der Waals surface area contributed by atoms with Gasteiger partial charge in [0.15, 0.2) is 0 Å². The maximum Gasteiger partial charge on any atom is 0.305 e. The van der Waals surface area contributed by atoms with Crippen LogP contribution in [0, 0.1) is 0 Å². The number of rotatable bonds is 17. The second-order valence-corrected chi connectivity index (χ2v) is 6.32. The topological polar surface area (TPSA) is 38.3 Å². The molecule has 0 aromatic heterocycles. The highest BCUT2D eigenvalue weighted by atomic mass is 16.5. The normalized spacial score (nSPS) is 10.8. The van der Waals surface area contributed by atoms with Crippen molar-refractivity contribution in [2.45, 2.75) is 96.8 Å². The van der Waals surface area contributed by atoms with E-state index < -0.39 is 0 Å². The minimum Gasteiger partial charge on any atom is -0.469 e. The molecule has 0 unspecified atom stereocenters. The molecule has 0 aliphatic carbocycles. The van der Waals surface area contributed by atoms with Gasteiger partial charge in [-0.15, -0.1) is 0 Å². The zero-order chi connectivity index (χ0) is 16.3. The molecule has 0 rings (SSSR count). The van der Waals surface area contributed by atoms with E-state index in [4.69, 9.17) is 0 Å². The van der Waals surface area contributed by atoms with Crippen LogP contribution in [0.25, 0.3) is 0 Å². The van der Waals surface area contributed by atoms with E-state index in [2.05, 4.69) is 17.0 Å². The summed E-state index contributed by atoms with van der Waals surface area (Å²) in [5.41, 5.74) is 0. The van der Waals surface area contributed by atoms with Gasteiger partial charge in [0.25, 0.3) is 0 Å². The first kappa shape index (κ1) is 21.4. The molecule has 3 heteroatoms. The van der Waals surface area contributed by atoms with Crippen LogP contribution in [0.15, 0.2) is 0 Å². The van der Waals surface area contributed by atoms with Crippen molar-refractivity contribution >= 4 is 5.97 Å². The molecular formula is C19H39NO2. The fourth-order valence-electron chi connectivity index (χ4n) is 2.66. The van der Waals surface area contributed by atoms with Crippen LogP contribution in [0.4, 0.5) is 0 Å². The summed E-state index contributed by atoms with van der Waals surface area (Å²) in [7, 11) is 1.45. The maximum absolute atomic E-state index is 10.9. The second kappa shape index (κ2) is 18.5. The van der Waals surface area contributed by atoms with Crippen molar-refractivity contribution in [2.24, 2.45) is 0 Å². The van der Waals surface area contributed by atoms with Gasteiger partial charge in [0.05, 0.1) is 7.11 Å². The number of unbranched alkanes of at least 4 members (excludes halogenated alkanes) is 11. The van der Waals surface area contributed by atoms with Gasteiger partial charge in [0, 0.05) is 6.42 Å². The van der Waals surface area contributed by atoms with Gasteiger partial charge in [-0.1, -0.05) is 71.1 Å². The summed E-state index contributed by atoms with van der Waals surface area (Å²) < 4.78 is 4.62. The van der Waals surface area contributed by atoms with Crippen LogP contribution in [0.5, 0.6) is 0 Å². The highest BCUT2D eigenvalue weighted by Gasteiger charge is 1.98. The first-order valence-electron chi connectivity index (χ1n) is 9.58. The number of esters is 1. The molecule has 132 valence electrons. The lowest BCUT2D eigenvalue weighted by atomic mass is 10.1. The minimum absolute atomic E-state index is 0.0849. The quantitative estimate of drug-likeness (QED) is 0.295. The van der Waals surface area contributed by atoms with Gasteiger partial charge in [-0.2, -0.15) is 0 Å². The zero-order valence-corrected chi connectivity index (χ0v) is 15.1. The van der Waals surface area contributed by atoms with Crippen molar-refractivity contribution in [1.82, 2.24) is 5.32 Å². The highest BCUT2D eigenvalue weighted by molar-refractivity contribution is 5.68. The predicted octanol–water partition coefficient (Wildman–Crippen LogP) is 5.23. The molecule has 0 heterocycles. The maximum atomic E-state index is 10.9. The monoisotopic (exact) mass is 313 g/mol. The van der Waals surface area contributed by atoms with E-state index in [1.165, 1.54) is 71.3 Å². The molecule has 0 fully saturated rings. The van der Waals surface area contributed by atoms with Crippen molar-refractivity contribution in [2.75, 3.05) is 20.2 Å². The van der Waals surface area contributed by atoms with Gasteiger partial charge < -0.3 is 10.1 Å². The van der Waals surface area contributed by atoms with E-state index >= 15 is 0 Å². The fraction of sp³-hybridized carbons (Fsp3) is 0.947. The Kier molecular flexibility index (Phi) is 18.0. The van der Waals surface area contributed by atoms with Gasteiger partial charge in [-0.25, -0.2) is 0 Å². The van der Waals surface area contributed by atoms with E-state index in [9.17, 15) is 4.79 Å². The molecule has 0 spiro atoms. The van der Waals surface area contributed by atoms with Gasteiger partial charge in [-0.05, 0) is 32.4 Å². The van der Waals surface area contributed by atoms with Gasteiger partial charge in [0.1, 0.15) is 0 Å². The van der Waals surface area contributed by atoms with E-state index in [-0.39, 0.29) is 5.97 Å². The number of hydrogen-bond acceptors (Lipinski definition) is 3. The average Bonchev–Trinajstić information content (AvgIpc) is 2.54. The molecule has 0 radical (unpaired) electrons. The predicted molar refractivity (Wildman–Crippen MR) is 95.2 cm³/mol. The van der Waals surface area contributed by atoms with Crippen molar-refractivity contribution in [3.8, 4) is 0 Å². The van der Waals surface area contributed by atoms with Crippen molar-refractivity contribution in [1.29, 1.82) is 0 Å². The smallest absolute Gasteiger partial charge is 0.305 e. The average molecular weight is 314 g/mol. The summed E-state index contributed by atoms with van der Waals surface area (Å²) in [6, 6.07) is 0. The number of carbonyl (C=O) groups excluding carboxylic acids is 1. The van der Waals surface area contributed by atoms with Crippen molar-refractivity contribution < 1.29 is 9.53 Å². The van der Waals surface area contributed by atoms with Crippen LogP contribution in [-0.4, -0.2) is 26.2 Å². The zero-order valence-electron chi connectivity index (χ0n) is 15.1. The molecule has 0 saturated carbocycles. The van der Waals surface area contributed by atoms with Gasteiger partial charge in [0.2, 0.25) is 0 Å². The molecule has 3 nitrogen and oxygen atoms in total. The number of hydrogen-bond donors (Lipinski definition) is 1. The Labute approximate surface area is 138 Å². The molecule has 0 aromatic carbocycles. The van der Waals surface area contributed by atoms with E-state index in [0.29, 0.717) is 6.42 Å². The third-order valence-corrected chi connectivity index (χ3v) is 4.17. The summed E-state index contributed by atoms with van der Waals surface area (Å²) in [5.74, 6) is -0.0849. The van der Waals surface area contributed by atoms with E-state index in [1.807, 2.05) is 0 Å². The first-order chi connectivity index (χ1) is 10.8. The Morgan fingerprint density at radius 3 is 1.68 bits per heavy atom. The summed E-state index contributed by atoms with van der Waals surface area (Å²) in [4.78, 5) is 10.9. The lowest BCUT2D eigenvalue weighted by Crippen LogP contribution is -2.16. The Hall–Kier alpha value is -0.570. The van der Waals surface area contributed by atoms with Gasteiger partial charge >= 0.3 is 5.97 Å². The van der Waals surface area contributed by atoms with Crippen LogP contribution in [-0.2, 0) is 9.53 Å². The Morgan fingerprint density at radius 1 is 0.727 bits per heavy atom. The largest absolute Gasteiger partial charge is 0.469 e. The number of ether oxygens (including phenoxy) is 1. The summed E-state index contributed by atoms with van der Waals surface area (Å²) >= 11 is 0. The molecule has 22 heavy (non-hydrogen) atoms. The highest BCUT2D eigenvalue weighted by Crippen LogP contribution is 2.10. The third-order valence-electron chi connectivity index (χ3n) is 4.17. The summed E-state index contributed by atoms with van der Waals surface area (Å²) in [6.45, 7) is 4.50. The number of nitrogens with one attached hydrogen (secondary N) is 1. The first-order valence-corrected chi connectivity index (χ1v) is 9.58. The second-order valence-electron chi connectivity index (χ2n) is 6.32.